The number of aromatic nitrogens is 3. The van der Waals surface area contributed by atoms with Crippen LogP contribution in [0.2, 0.25) is 0 Å². The van der Waals surface area contributed by atoms with Crippen LogP contribution >= 0.6 is 11.8 Å². The third-order valence-electron chi connectivity index (χ3n) is 5.15. The van der Waals surface area contributed by atoms with Crippen LogP contribution in [0, 0.1) is 11.8 Å². The van der Waals surface area contributed by atoms with Crippen LogP contribution in [0.25, 0.3) is 0 Å². The van der Waals surface area contributed by atoms with Crippen molar-refractivity contribution in [3.63, 3.8) is 0 Å². The molecule has 1 aliphatic rings. The van der Waals surface area contributed by atoms with E-state index in [1.54, 1.807) is 24.3 Å². The van der Waals surface area contributed by atoms with Crippen molar-refractivity contribution in [1.82, 2.24) is 14.8 Å². The van der Waals surface area contributed by atoms with Crippen molar-refractivity contribution in [3.8, 4) is 0 Å². The number of ether oxygens (including phenoxy) is 1. The number of carbonyl (C=O) groups is 2. The van der Waals surface area contributed by atoms with Gasteiger partial charge in [-0.3, -0.25) is 14.2 Å². The molecule has 2 heterocycles. The quantitative estimate of drug-likeness (QED) is 0.451. The Morgan fingerprint density at radius 3 is 2.31 bits per heavy atom. The summed E-state index contributed by atoms with van der Waals surface area (Å²) in [6, 6.07) is 7.05. The van der Waals surface area contributed by atoms with Crippen LogP contribution in [0.4, 0.5) is 11.6 Å². The number of nitrogens with one attached hydrogen (secondary N) is 1. The van der Waals surface area contributed by atoms with E-state index in [-0.39, 0.29) is 22.9 Å². The van der Waals surface area contributed by atoms with Crippen molar-refractivity contribution in [1.29, 1.82) is 0 Å². The number of hydrogen-bond donors (Lipinski definition) is 1. The molecule has 1 aromatic carbocycles. The van der Waals surface area contributed by atoms with E-state index in [9.17, 15) is 9.59 Å². The van der Waals surface area contributed by atoms with Gasteiger partial charge in [0.25, 0.3) is 0 Å². The molecule has 1 N–H and O–H groups in total. The van der Waals surface area contributed by atoms with Gasteiger partial charge in [0.1, 0.15) is 0 Å². The highest BCUT2D eigenvalue weighted by Gasteiger charge is 2.25. The Morgan fingerprint density at radius 2 is 1.72 bits per heavy atom. The van der Waals surface area contributed by atoms with E-state index in [2.05, 4.69) is 38.8 Å². The highest BCUT2D eigenvalue weighted by molar-refractivity contribution is 8.00. The molecule has 8 nitrogen and oxygen atoms in total. The minimum absolute atomic E-state index is 0.0174. The summed E-state index contributed by atoms with van der Waals surface area (Å²) in [7, 11) is 0. The lowest BCUT2D eigenvalue weighted by atomic mass is 10.1. The first-order valence-electron chi connectivity index (χ1n) is 11.1. The average Bonchev–Trinajstić information content (AvgIpc) is 3.15. The number of morpholine rings is 1. The lowest BCUT2D eigenvalue weighted by molar-refractivity contribution is -0.118. The molecule has 0 saturated carbocycles. The highest BCUT2D eigenvalue weighted by Crippen LogP contribution is 2.29. The molecule has 1 fully saturated rings. The molecule has 9 heteroatoms. The third kappa shape index (κ3) is 6.10. The fourth-order valence-corrected chi connectivity index (χ4v) is 4.27. The van der Waals surface area contributed by atoms with Gasteiger partial charge in [-0.2, -0.15) is 0 Å². The van der Waals surface area contributed by atoms with E-state index in [0.29, 0.717) is 30.4 Å². The van der Waals surface area contributed by atoms with Gasteiger partial charge in [-0.25, -0.2) is 0 Å². The van der Waals surface area contributed by atoms with Gasteiger partial charge in [-0.05, 0) is 37.1 Å². The smallest absolute Gasteiger partial charge is 0.228 e. The predicted octanol–water partition coefficient (Wildman–Crippen LogP) is 3.73. The molecule has 1 aromatic heterocycles. The first kappa shape index (κ1) is 24.3. The number of rotatable bonds is 9. The average molecular weight is 460 g/mol. The lowest BCUT2D eigenvalue weighted by Gasteiger charge is -2.28. The fourth-order valence-electron chi connectivity index (χ4n) is 3.34. The molecule has 1 aliphatic heterocycles. The van der Waals surface area contributed by atoms with Gasteiger partial charge in [0, 0.05) is 36.8 Å². The van der Waals surface area contributed by atoms with Crippen LogP contribution in [0.5, 0.6) is 0 Å². The van der Waals surface area contributed by atoms with Crippen LogP contribution in [0.15, 0.2) is 29.4 Å². The van der Waals surface area contributed by atoms with Crippen LogP contribution in [0.1, 0.15) is 45.0 Å². The van der Waals surface area contributed by atoms with Crippen molar-refractivity contribution in [3.05, 3.63) is 29.8 Å². The summed E-state index contributed by atoms with van der Waals surface area (Å²) in [5.74, 6) is 1.13. The summed E-state index contributed by atoms with van der Waals surface area (Å²) in [6.45, 7) is 13.6. The molecule has 32 heavy (non-hydrogen) atoms. The van der Waals surface area contributed by atoms with Crippen molar-refractivity contribution < 1.29 is 14.3 Å². The molecule has 3 rings (SSSR count). The molecular formula is C23H33N5O3S. The van der Waals surface area contributed by atoms with Crippen molar-refractivity contribution in [2.24, 2.45) is 11.8 Å². The largest absolute Gasteiger partial charge is 0.378 e. The van der Waals surface area contributed by atoms with Crippen LogP contribution in [-0.2, 0) is 16.1 Å². The topological polar surface area (TPSA) is 89.3 Å². The number of amides is 1. The van der Waals surface area contributed by atoms with Crippen LogP contribution in [0.3, 0.4) is 0 Å². The Bertz CT molecular complexity index is 920. The maximum Gasteiger partial charge on any atom is 0.228 e. The number of benzene rings is 1. The van der Waals surface area contributed by atoms with Gasteiger partial charge in [0.15, 0.2) is 10.9 Å². The molecule has 1 amide bonds. The number of thioether (sulfide) groups is 1. The van der Waals surface area contributed by atoms with Crippen molar-refractivity contribution in [2.75, 3.05) is 36.5 Å². The minimum Gasteiger partial charge on any atom is -0.378 e. The van der Waals surface area contributed by atoms with Crippen molar-refractivity contribution in [2.45, 2.75) is 51.6 Å². The normalized spacial score (nSPS) is 15.3. The summed E-state index contributed by atoms with van der Waals surface area (Å²) in [6.07, 6.45) is 0. The number of nitrogens with zero attached hydrogens (tertiary/aromatic N) is 4. The maximum absolute atomic E-state index is 13.0. The van der Waals surface area contributed by atoms with E-state index < -0.39 is 0 Å². The summed E-state index contributed by atoms with van der Waals surface area (Å²) >= 11 is 1.43. The second kappa shape index (κ2) is 11.0. The Hall–Kier alpha value is -2.39. The van der Waals surface area contributed by atoms with E-state index in [1.807, 2.05) is 20.8 Å². The Balaban J connectivity index is 1.71. The predicted molar refractivity (Wildman–Crippen MR) is 127 cm³/mol. The Morgan fingerprint density at radius 1 is 1.06 bits per heavy atom. The van der Waals surface area contributed by atoms with Gasteiger partial charge in [0.05, 0.1) is 18.5 Å². The van der Waals surface area contributed by atoms with E-state index in [0.717, 1.165) is 30.7 Å². The highest BCUT2D eigenvalue weighted by atomic mass is 32.2. The van der Waals surface area contributed by atoms with E-state index >= 15 is 0 Å². The zero-order valence-corrected chi connectivity index (χ0v) is 20.3. The van der Waals surface area contributed by atoms with Gasteiger partial charge >= 0.3 is 0 Å². The zero-order chi connectivity index (χ0) is 23.3. The van der Waals surface area contributed by atoms with Crippen LogP contribution < -0.4 is 10.2 Å². The number of carbonyl (C=O) groups excluding carboxylic acids is 2. The molecule has 2 aromatic rings. The monoisotopic (exact) mass is 459 g/mol. The SMILES string of the molecule is CC(C)Cn1c(SC(C)C(=O)c2ccc(NC(=O)C(C)C)cc2)nnc1N1CCOCC1. The number of Topliss-reactive ketones (excluding diaryl/α,β-unsaturated/α-hetero) is 1. The summed E-state index contributed by atoms with van der Waals surface area (Å²) in [5, 5.41) is 12.1. The number of anilines is 2. The molecule has 0 radical (unpaired) electrons. The molecule has 0 aliphatic carbocycles. The third-order valence-corrected chi connectivity index (χ3v) is 6.23. The minimum atomic E-state index is -0.321. The van der Waals surface area contributed by atoms with Gasteiger partial charge in [-0.15, -0.1) is 10.2 Å². The molecule has 1 unspecified atom stereocenters. The van der Waals surface area contributed by atoms with Gasteiger partial charge in [0.2, 0.25) is 11.9 Å². The first-order chi connectivity index (χ1) is 15.3. The summed E-state index contributed by atoms with van der Waals surface area (Å²) in [4.78, 5) is 27.1. The second-order valence-electron chi connectivity index (χ2n) is 8.73. The molecule has 1 saturated heterocycles. The summed E-state index contributed by atoms with van der Waals surface area (Å²) in [5.41, 5.74) is 1.29. The zero-order valence-electron chi connectivity index (χ0n) is 19.5. The number of hydrogen-bond acceptors (Lipinski definition) is 7. The molecule has 0 bridgehead atoms. The first-order valence-corrected chi connectivity index (χ1v) is 12.0. The lowest BCUT2D eigenvalue weighted by Crippen LogP contribution is -2.38. The van der Waals surface area contributed by atoms with Crippen molar-refractivity contribution >= 4 is 35.1 Å². The standard InChI is InChI=1S/C23H33N5O3S/c1-15(2)14-28-22(27-10-12-31-13-11-27)25-26-23(28)32-17(5)20(29)18-6-8-19(9-7-18)24-21(30)16(3)4/h6-9,15-17H,10-14H2,1-5H3,(H,24,30). The fraction of sp³-hybridized carbons (Fsp3) is 0.565. The van der Waals surface area contributed by atoms with E-state index in [1.165, 1.54) is 11.8 Å². The molecule has 0 spiro atoms. The molecule has 174 valence electrons. The Kier molecular flexibility index (Phi) is 8.31. The van der Waals surface area contributed by atoms with Crippen LogP contribution in [-0.4, -0.2) is 58.0 Å². The molecular weight excluding hydrogens is 426 g/mol. The van der Waals surface area contributed by atoms with Gasteiger partial charge in [-0.1, -0.05) is 39.5 Å². The number of ketones is 1. The van der Waals surface area contributed by atoms with E-state index in [4.69, 9.17) is 4.74 Å². The molecule has 1 atom stereocenters. The summed E-state index contributed by atoms with van der Waals surface area (Å²) < 4.78 is 7.58. The maximum atomic E-state index is 13.0. The second-order valence-corrected chi connectivity index (χ2v) is 10.0. The van der Waals surface area contributed by atoms with Gasteiger partial charge < -0.3 is 15.0 Å². The Labute approximate surface area is 194 Å².